The molecule has 0 bridgehead atoms. The molecule has 4 nitrogen and oxygen atoms in total. The van der Waals surface area contributed by atoms with Gasteiger partial charge in [0.1, 0.15) is 0 Å². The van der Waals surface area contributed by atoms with Crippen molar-refractivity contribution < 1.29 is 8.42 Å². The van der Waals surface area contributed by atoms with Crippen LogP contribution in [-0.4, -0.2) is 8.42 Å². The molecule has 2 rings (SSSR count). The van der Waals surface area contributed by atoms with Gasteiger partial charge in [0.25, 0.3) is 0 Å². The van der Waals surface area contributed by atoms with Crippen LogP contribution in [0.3, 0.4) is 0 Å². The maximum atomic E-state index is 12.4. The Morgan fingerprint density at radius 1 is 1.14 bits per heavy atom. The van der Waals surface area contributed by atoms with E-state index in [-0.39, 0.29) is 11.4 Å². The molecule has 0 fully saturated rings. The van der Waals surface area contributed by atoms with Crippen LogP contribution in [0.1, 0.15) is 11.1 Å². The first-order valence-corrected chi connectivity index (χ1v) is 9.17. The number of nitrogens with two attached hydrogens (primary N) is 1. The van der Waals surface area contributed by atoms with E-state index in [0.29, 0.717) is 10.2 Å². The lowest BCUT2D eigenvalue weighted by molar-refractivity contribution is 0.581. The summed E-state index contributed by atoms with van der Waals surface area (Å²) in [6.07, 6.45) is 0. The van der Waals surface area contributed by atoms with Crippen LogP contribution in [-0.2, 0) is 16.6 Å². The molecule has 0 amide bonds. The molecule has 112 valence electrons. The van der Waals surface area contributed by atoms with E-state index in [0.717, 1.165) is 15.6 Å². The lowest BCUT2D eigenvalue weighted by Crippen LogP contribution is -2.24. The molecule has 0 spiro atoms. The van der Waals surface area contributed by atoms with E-state index in [2.05, 4.69) is 36.6 Å². The van der Waals surface area contributed by atoms with Gasteiger partial charge in [0.05, 0.1) is 4.90 Å². The highest BCUT2D eigenvalue weighted by Gasteiger charge is 2.19. The van der Waals surface area contributed by atoms with Gasteiger partial charge in [-0.15, -0.1) is 0 Å². The van der Waals surface area contributed by atoms with Crippen LogP contribution in [0, 0.1) is 6.92 Å². The lowest BCUT2D eigenvalue weighted by Gasteiger charge is -2.11. The van der Waals surface area contributed by atoms with Crippen LogP contribution in [0.4, 0.5) is 5.69 Å². The second kappa shape index (κ2) is 6.48. The Labute approximate surface area is 141 Å². The molecule has 0 aliphatic carbocycles. The van der Waals surface area contributed by atoms with Crippen LogP contribution < -0.4 is 10.5 Å². The molecule has 0 saturated heterocycles. The molecular weight excluding hydrogens is 420 g/mol. The van der Waals surface area contributed by atoms with E-state index in [4.69, 9.17) is 5.73 Å². The molecule has 0 radical (unpaired) electrons. The molecule has 0 aliphatic rings. The van der Waals surface area contributed by atoms with E-state index >= 15 is 0 Å². The second-order valence-electron chi connectivity index (χ2n) is 4.56. The van der Waals surface area contributed by atoms with Crippen molar-refractivity contribution >= 4 is 47.6 Å². The summed E-state index contributed by atoms with van der Waals surface area (Å²) >= 11 is 6.64. The van der Waals surface area contributed by atoms with Crippen LogP contribution in [0.25, 0.3) is 0 Å². The van der Waals surface area contributed by atoms with E-state index in [1.54, 1.807) is 30.3 Å². The highest BCUT2D eigenvalue weighted by Crippen LogP contribution is 2.28. The van der Waals surface area contributed by atoms with E-state index in [1.165, 1.54) is 0 Å². The number of nitrogens with one attached hydrogen (secondary N) is 1. The van der Waals surface area contributed by atoms with Gasteiger partial charge in [0, 0.05) is 21.2 Å². The first-order chi connectivity index (χ1) is 9.81. The van der Waals surface area contributed by atoms with Crippen molar-refractivity contribution in [2.45, 2.75) is 18.4 Å². The standard InChI is InChI=1S/C14H14Br2N2O2S/c1-9-6-12(16)14(7-11(9)15)21(19,20)18-8-10-4-2-3-5-13(10)17/h2-7,18H,8,17H2,1H3. The summed E-state index contributed by atoms with van der Waals surface area (Å²) < 4.78 is 28.6. The Kier molecular flexibility index (Phi) is 5.08. The Morgan fingerprint density at radius 2 is 1.81 bits per heavy atom. The SMILES string of the molecule is Cc1cc(Br)c(S(=O)(=O)NCc2ccccc2N)cc1Br. The summed E-state index contributed by atoms with van der Waals surface area (Å²) in [7, 11) is -3.63. The van der Waals surface area contributed by atoms with Gasteiger partial charge in [0.2, 0.25) is 10.0 Å². The summed E-state index contributed by atoms with van der Waals surface area (Å²) in [5.74, 6) is 0. The van der Waals surface area contributed by atoms with Gasteiger partial charge in [-0.25, -0.2) is 13.1 Å². The zero-order valence-electron chi connectivity index (χ0n) is 11.2. The van der Waals surface area contributed by atoms with Crippen molar-refractivity contribution in [1.82, 2.24) is 4.72 Å². The number of sulfonamides is 1. The van der Waals surface area contributed by atoms with Gasteiger partial charge < -0.3 is 5.73 Å². The third-order valence-corrected chi connectivity index (χ3v) is 6.22. The van der Waals surface area contributed by atoms with E-state index in [1.807, 2.05) is 13.0 Å². The molecule has 0 aromatic heterocycles. The highest BCUT2D eigenvalue weighted by atomic mass is 79.9. The Morgan fingerprint density at radius 3 is 2.48 bits per heavy atom. The number of para-hydroxylation sites is 1. The van der Waals surface area contributed by atoms with Gasteiger partial charge in [-0.05, 0) is 52.2 Å². The van der Waals surface area contributed by atoms with Gasteiger partial charge in [-0.1, -0.05) is 34.1 Å². The Hall–Kier alpha value is -0.890. The number of nitrogen functional groups attached to an aromatic ring is 1. The normalized spacial score (nSPS) is 11.6. The topological polar surface area (TPSA) is 72.2 Å². The number of aryl methyl sites for hydroxylation is 1. The quantitative estimate of drug-likeness (QED) is 0.723. The molecule has 0 aliphatic heterocycles. The van der Waals surface area contributed by atoms with Crippen LogP contribution in [0.2, 0.25) is 0 Å². The minimum atomic E-state index is -3.63. The summed E-state index contributed by atoms with van der Waals surface area (Å²) in [6.45, 7) is 2.04. The zero-order valence-corrected chi connectivity index (χ0v) is 15.2. The average Bonchev–Trinajstić information content (AvgIpc) is 2.42. The van der Waals surface area contributed by atoms with Gasteiger partial charge >= 0.3 is 0 Å². The zero-order chi connectivity index (χ0) is 15.6. The monoisotopic (exact) mass is 432 g/mol. The van der Waals surface area contributed by atoms with E-state index < -0.39 is 10.0 Å². The Balaban J connectivity index is 2.27. The number of hydrogen-bond donors (Lipinski definition) is 2. The molecule has 0 heterocycles. The Bertz CT molecular complexity index is 777. The maximum Gasteiger partial charge on any atom is 0.242 e. The molecule has 21 heavy (non-hydrogen) atoms. The number of hydrogen-bond acceptors (Lipinski definition) is 3. The molecule has 2 aromatic rings. The first kappa shape index (κ1) is 16.5. The van der Waals surface area contributed by atoms with Crippen molar-refractivity contribution in [2.24, 2.45) is 0 Å². The summed E-state index contributed by atoms with van der Waals surface area (Å²) in [5, 5.41) is 0. The first-order valence-electron chi connectivity index (χ1n) is 6.10. The van der Waals surface area contributed by atoms with E-state index in [9.17, 15) is 8.42 Å². The molecular formula is C14H14Br2N2O2S. The molecule has 0 unspecified atom stereocenters. The summed E-state index contributed by atoms with van der Waals surface area (Å²) in [5.41, 5.74) is 8.06. The maximum absolute atomic E-state index is 12.4. The third-order valence-electron chi connectivity index (χ3n) is 3.01. The number of benzene rings is 2. The number of halogens is 2. The minimum absolute atomic E-state index is 0.146. The van der Waals surface area contributed by atoms with Gasteiger partial charge in [-0.2, -0.15) is 0 Å². The van der Waals surface area contributed by atoms with Gasteiger partial charge in [-0.3, -0.25) is 0 Å². The van der Waals surface area contributed by atoms with Crippen molar-refractivity contribution in [3.63, 3.8) is 0 Å². The average molecular weight is 434 g/mol. The fourth-order valence-corrected chi connectivity index (χ4v) is 4.46. The predicted molar refractivity (Wildman–Crippen MR) is 91.5 cm³/mol. The number of anilines is 1. The van der Waals surface area contributed by atoms with Crippen molar-refractivity contribution in [3.05, 3.63) is 56.5 Å². The van der Waals surface area contributed by atoms with Crippen molar-refractivity contribution in [3.8, 4) is 0 Å². The highest BCUT2D eigenvalue weighted by molar-refractivity contribution is 9.11. The summed E-state index contributed by atoms with van der Waals surface area (Å²) in [4.78, 5) is 0.189. The van der Waals surface area contributed by atoms with Crippen LogP contribution in [0.5, 0.6) is 0 Å². The summed E-state index contributed by atoms with van der Waals surface area (Å²) in [6, 6.07) is 10.5. The predicted octanol–water partition coefficient (Wildman–Crippen LogP) is 3.58. The molecule has 2 aromatic carbocycles. The second-order valence-corrected chi connectivity index (χ2v) is 8.00. The largest absolute Gasteiger partial charge is 0.398 e. The molecule has 7 heteroatoms. The molecule has 0 saturated carbocycles. The molecule has 0 atom stereocenters. The van der Waals surface area contributed by atoms with Crippen LogP contribution >= 0.6 is 31.9 Å². The van der Waals surface area contributed by atoms with Crippen molar-refractivity contribution in [1.29, 1.82) is 0 Å². The lowest BCUT2D eigenvalue weighted by atomic mass is 10.2. The van der Waals surface area contributed by atoms with Crippen molar-refractivity contribution in [2.75, 3.05) is 5.73 Å². The fraction of sp³-hybridized carbons (Fsp3) is 0.143. The van der Waals surface area contributed by atoms with Gasteiger partial charge in [0.15, 0.2) is 0 Å². The third kappa shape index (κ3) is 3.85. The molecule has 3 N–H and O–H groups in total. The minimum Gasteiger partial charge on any atom is -0.398 e. The number of rotatable bonds is 4. The fourth-order valence-electron chi connectivity index (χ4n) is 1.78. The van der Waals surface area contributed by atoms with Crippen LogP contribution in [0.15, 0.2) is 50.2 Å². The smallest absolute Gasteiger partial charge is 0.242 e.